The lowest BCUT2D eigenvalue weighted by Gasteiger charge is -2.22. The number of rotatable bonds is 0. The Labute approximate surface area is 157 Å². The zero-order valence-corrected chi connectivity index (χ0v) is 16.1. The molecule has 24 heavy (non-hydrogen) atoms. The van der Waals surface area contributed by atoms with Crippen LogP contribution >= 0.6 is 31.9 Å². The fraction of sp³-hybridized carbons (Fsp3) is 0.278. The minimum Gasteiger partial charge on any atom is -0.493 e. The third-order valence-electron chi connectivity index (χ3n) is 3.89. The molecule has 2 aliphatic rings. The van der Waals surface area contributed by atoms with E-state index >= 15 is 0 Å². The number of nitrogens with two attached hydrogens (primary N) is 1. The van der Waals surface area contributed by atoms with Crippen molar-refractivity contribution in [1.29, 1.82) is 0 Å². The molecule has 4 nitrogen and oxygen atoms in total. The highest BCUT2D eigenvalue weighted by Crippen LogP contribution is 2.32. The van der Waals surface area contributed by atoms with E-state index < -0.39 is 0 Å². The van der Waals surface area contributed by atoms with Gasteiger partial charge in [-0.3, -0.25) is 4.79 Å². The highest BCUT2D eigenvalue weighted by molar-refractivity contribution is 9.10. The van der Waals surface area contributed by atoms with E-state index in [0.717, 1.165) is 33.3 Å². The zero-order valence-electron chi connectivity index (χ0n) is 12.9. The van der Waals surface area contributed by atoms with Gasteiger partial charge in [0, 0.05) is 33.4 Å². The average Bonchev–Trinajstić information content (AvgIpc) is 2.55. The summed E-state index contributed by atoms with van der Waals surface area (Å²) in [4.78, 5) is 11.3. The first kappa shape index (κ1) is 17.5. The number of fused-ring (bicyclic) bond motifs is 2. The summed E-state index contributed by atoms with van der Waals surface area (Å²) in [6.07, 6.45) is 1.41. The standard InChI is InChI=1S/C9H10BrNO.C9H7BrO2/c2*10-6-1-2-7-8(11)3-4-12-9(7)5-6/h1-2,5,8H,3-4,11H2;1-2,5H,3-4H2. The van der Waals surface area contributed by atoms with Crippen LogP contribution < -0.4 is 15.2 Å². The lowest BCUT2D eigenvalue weighted by molar-refractivity contribution is 0.0933. The highest BCUT2D eigenvalue weighted by atomic mass is 79.9. The molecule has 0 fully saturated rings. The molecule has 2 aromatic carbocycles. The van der Waals surface area contributed by atoms with Gasteiger partial charge in [-0.15, -0.1) is 0 Å². The van der Waals surface area contributed by atoms with Gasteiger partial charge in [0.25, 0.3) is 0 Å². The first-order valence-corrected chi connectivity index (χ1v) is 9.26. The van der Waals surface area contributed by atoms with Crippen molar-refractivity contribution in [2.24, 2.45) is 5.73 Å². The van der Waals surface area contributed by atoms with Gasteiger partial charge < -0.3 is 15.2 Å². The van der Waals surface area contributed by atoms with Gasteiger partial charge in [0.15, 0.2) is 5.78 Å². The molecule has 4 rings (SSSR count). The fourth-order valence-electron chi connectivity index (χ4n) is 2.63. The van der Waals surface area contributed by atoms with Gasteiger partial charge in [0.1, 0.15) is 11.5 Å². The summed E-state index contributed by atoms with van der Waals surface area (Å²) >= 11 is 6.71. The van der Waals surface area contributed by atoms with Crippen molar-refractivity contribution in [1.82, 2.24) is 0 Å². The van der Waals surface area contributed by atoms with Crippen molar-refractivity contribution in [3.63, 3.8) is 0 Å². The van der Waals surface area contributed by atoms with Crippen LogP contribution in [0, 0.1) is 0 Å². The molecule has 126 valence electrons. The number of carbonyl (C=O) groups is 1. The Hall–Kier alpha value is -1.37. The molecule has 1 atom stereocenters. The Bertz CT molecular complexity index is 764. The minimum absolute atomic E-state index is 0.141. The second-order valence-electron chi connectivity index (χ2n) is 5.59. The van der Waals surface area contributed by atoms with E-state index in [4.69, 9.17) is 15.2 Å². The Kier molecular flexibility index (Phi) is 5.58. The first-order chi connectivity index (χ1) is 11.5. The monoisotopic (exact) mass is 453 g/mol. The molecule has 2 aromatic rings. The second kappa shape index (κ2) is 7.68. The van der Waals surface area contributed by atoms with Crippen molar-refractivity contribution in [3.8, 4) is 11.5 Å². The first-order valence-electron chi connectivity index (χ1n) is 7.68. The molecule has 0 amide bonds. The van der Waals surface area contributed by atoms with E-state index in [1.54, 1.807) is 6.07 Å². The summed E-state index contributed by atoms with van der Waals surface area (Å²) in [7, 11) is 0. The van der Waals surface area contributed by atoms with Crippen molar-refractivity contribution < 1.29 is 14.3 Å². The Balaban J connectivity index is 0.000000141. The number of halogens is 2. The number of benzene rings is 2. The summed E-state index contributed by atoms with van der Waals surface area (Å²) in [6.45, 7) is 1.23. The number of ketones is 1. The lowest BCUT2D eigenvalue weighted by Crippen LogP contribution is -2.20. The SMILES string of the molecule is NC1CCOc2cc(Br)ccc21.O=C1CCOc2cc(Br)ccc21. The molecular formula is C18H17Br2NO3. The number of hydrogen-bond donors (Lipinski definition) is 1. The molecule has 0 saturated carbocycles. The van der Waals surface area contributed by atoms with Crippen LogP contribution in [0.2, 0.25) is 0 Å². The maximum Gasteiger partial charge on any atom is 0.169 e. The van der Waals surface area contributed by atoms with E-state index in [2.05, 4.69) is 31.9 Å². The van der Waals surface area contributed by atoms with Crippen LogP contribution in [-0.2, 0) is 0 Å². The third kappa shape index (κ3) is 3.99. The van der Waals surface area contributed by atoms with Crippen LogP contribution in [0.15, 0.2) is 45.3 Å². The van der Waals surface area contributed by atoms with Crippen molar-refractivity contribution >= 4 is 37.6 Å². The molecular weight excluding hydrogens is 438 g/mol. The lowest BCUT2D eigenvalue weighted by atomic mass is 10.0. The quantitative estimate of drug-likeness (QED) is 0.629. The molecule has 2 N–H and O–H groups in total. The molecule has 2 heterocycles. The molecule has 0 spiro atoms. The van der Waals surface area contributed by atoms with Crippen LogP contribution in [0.4, 0.5) is 0 Å². The summed E-state index contributed by atoms with van der Waals surface area (Å²) in [6, 6.07) is 11.6. The number of carbonyl (C=O) groups excluding carboxylic acids is 1. The molecule has 0 saturated heterocycles. The predicted octanol–water partition coefficient (Wildman–Crippen LogP) is 4.65. The number of Topliss-reactive ketones (excluding diaryl/α,β-unsaturated/α-hetero) is 1. The minimum atomic E-state index is 0.141. The fourth-order valence-corrected chi connectivity index (χ4v) is 3.31. The van der Waals surface area contributed by atoms with Gasteiger partial charge in [-0.2, -0.15) is 0 Å². The van der Waals surface area contributed by atoms with Crippen LogP contribution in [-0.4, -0.2) is 19.0 Å². The molecule has 6 heteroatoms. The van der Waals surface area contributed by atoms with Crippen LogP contribution in [0.3, 0.4) is 0 Å². The summed E-state index contributed by atoms with van der Waals surface area (Å²) < 4.78 is 12.8. The average molecular weight is 455 g/mol. The Morgan fingerprint density at radius 2 is 1.62 bits per heavy atom. The third-order valence-corrected chi connectivity index (χ3v) is 4.88. The van der Waals surface area contributed by atoms with E-state index in [0.29, 0.717) is 24.3 Å². The van der Waals surface area contributed by atoms with E-state index in [-0.39, 0.29) is 11.8 Å². The Morgan fingerprint density at radius 3 is 2.42 bits per heavy atom. The predicted molar refractivity (Wildman–Crippen MR) is 99.8 cm³/mol. The highest BCUT2D eigenvalue weighted by Gasteiger charge is 2.18. The van der Waals surface area contributed by atoms with Gasteiger partial charge in [-0.25, -0.2) is 0 Å². The summed E-state index contributed by atoms with van der Waals surface area (Å²) in [5.41, 5.74) is 7.71. The van der Waals surface area contributed by atoms with E-state index in [9.17, 15) is 4.79 Å². The van der Waals surface area contributed by atoms with E-state index in [1.165, 1.54) is 0 Å². The van der Waals surface area contributed by atoms with Gasteiger partial charge in [-0.1, -0.05) is 37.9 Å². The molecule has 1 unspecified atom stereocenters. The summed E-state index contributed by atoms with van der Waals surface area (Å²) in [5.74, 6) is 1.78. The molecule has 2 aliphatic heterocycles. The molecule has 0 aromatic heterocycles. The van der Waals surface area contributed by atoms with Crippen LogP contribution in [0.5, 0.6) is 11.5 Å². The van der Waals surface area contributed by atoms with E-state index in [1.807, 2.05) is 30.3 Å². The zero-order chi connectivity index (χ0) is 17.1. The van der Waals surface area contributed by atoms with Crippen molar-refractivity contribution in [3.05, 3.63) is 56.5 Å². The van der Waals surface area contributed by atoms with Crippen molar-refractivity contribution in [2.75, 3.05) is 13.2 Å². The smallest absolute Gasteiger partial charge is 0.169 e. The summed E-state index contributed by atoms with van der Waals surface area (Å²) in [5, 5.41) is 0. The van der Waals surface area contributed by atoms with Crippen LogP contribution in [0.25, 0.3) is 0 Å². The van der Waals surface area contributed by atoms with Gasteiger partial charge in [0.05, 0.1) is 18.8 Å². The normalized spacial score (nSPS) is 18.3. The molecule has 0 bridgehead atoms. The van der Waals surface area contributed by atoms with Crippen LogP contribution in [0.1, 0.15) is 34.8 Å². The second-order valence-corrected chi connectivity index (χ2v) is 7.42. The number of hydrogen-bond acceptors (Lipinski definition) is 4. The maximum absolute atomic E-state index is 11.3. The van der Waals surface area contributed by atoms with Gasteiger partial charge >= 0.3 is 0 Å². The topological polar surface area (TPSA) is 61.5 Å². The number of ether oxygens (including phenoxy) is 2. The van der Waals surface area contributed by atoms with Gasteiger partial charge in [-0.05, 0) is 30.3 Å². The molecule has 0 radical (unpaired) electrons. The molecule has 0 aliphatic carbocycles. The largest absolute Gasteiger partial charge is 0.493 e. The van der Waals surface area contributed by atoms with Gasteiger partial charge in [0.2, 0.25) is 0 Å². The maximum atomic E-state index is 11.3. The Morgan fingerprint density at radius 1 is 0.958 bits per heavy atom. The van der Waals surface area contributed by atoms with Crippen molar-refractivity contribution in [2.45, 2.75) is 18.9 Å².